The number of nitrogens with zero attached hydrogens (tertiary/aromatic N) is 1. The Morgan fingerprint density at radius 3 is 2.41 bits per heavy atom. The Bertz CT molecular complexity index is 2140. The monoisotopic (exact) mass is 585 g/mol. The lowest BCUT2D eigenvalue weighted by Gasteiger charge is -2.64. The van der Waals surface area contributed by atoms with Crippen molar-refractivity contribution in [1.29, 1.82) is 0 Å². The second-order valence-electron chi connectivity index (χ2n) is 14.5. The first kappa shape index (κ1) is 24.4. The highest BCUT2D eigenvalue weighted by molar-refractivity contribution is 7.25. The lowest BCUT2D eigenvalue weighted by molar-refractivity contribution is -0.119. The van der Waals surface area contributed by atoms with Crippen molar-refractivity contribution in [3.63, 3.8) is 0 Å². The van der Waals surface area contributed by atoms with E-state index in [0.29, 0.717) is 5.41 Å². The maximum Gasteiger partial charge on any atom is 0.0543 e. The molecule has 6 aliphatic rings. The second-order valence-corrected chi connectivity index (χ2v) is 15.6. The van der Waals surface area contributed by atoms with E-state index in [0.717, 1.165) is 23.7 Å². The van der Waals surface area contributed by atoms with Crippen LogP contribution in [0.2, 0.25) is 0 Å². The molecule has 0 radical (unpaired) electrons. The smallest absolute Gasteiger partial charge is 0.0543 e. The molecule has 5 aromatic carbocycles. The fraction of sp³-hybridized carbons (Fsp3) is 0.286. The van der Waals surface area contributed by atoms with Crippen molar-refractivity contribution in [2.24, 2.45) is 29.1 Å². The molecule has 1 heterocycles. The Morgan fingerprint density at radius 1 is 0.636 bits per heavy atom. The average Bonchev–Trinajstić information content (AvgIpc) is 3.64. The predicted molar refractivity (Wildman–Crippen MR) is 184 cm³/mol. The number of rotatable bonds is 3. The van der Waals surface area contributed by atoms with Gasteiger partial charge in [0.25, 0.3) is 0 Å². The van der Waals surface area contributed by atoms with E-state index in [1.165, 1.54) is 86.9 Å². The van der Waals surface area contributed by atoms with Gasteiger partial charge in [0.2, 0.25) is 0 Å². The molecule has 5 saturated carbocycles. The number of hydrogen-bond acceptors (Lipinski definition) is 2. The standard InChI is InChI=1S/C42H35NS/c1-2-9-29(10-3-1)43(30-19-20-39-33(23-30)31-11-5-7-16-38(31)44-39)37-15-8-14-35-40(37)32-12-4-6-13-34(32)42(35)28-18-17-26-21-27-25-41(42,24-26)36(27)22-28/h1-16,19-20,23,26-28,36H,17-18,21-22,24-25H2. The van der Waals surface area contributed by atoms with Gasteiger partial charge < -0.3 is 4.90 Å². The van der Waals surface area contributed by atoms with E-state index < -0.39 is 0 Å². The molecule has 2 spiro atoms. The summed E-state index contributed by atoms with van der Waals surface area (Å²) in [5, 5.41) is 2.71. The van der Waals surface area contributed by atoms with Crippen LogP contribution in [0.15, 0.2) is 115 Å². The number of para-hydroxylation sites is 1. The van der Waals surface area contributed by atoms with Crippen LogP contribution in [0.25, 0.3) is 31.3 Å². The molecule has 0 saturated heterocycles. The average molecular weight is 586 g/mol. The molecule has 2 heteroatoms. The van der Waals surface area contributed by atoms with Crippen LogP contribution in [-0.4, -0.2) is 0 Å². The zero-order valence-electron chi connectivity index (χ0n) is 24.9. The quantitative estimate of drug-likeness (QED) is 0.200. The second kappa shape index (κ2) is 8.43. The Hall–Kier alpha value is -3.88. The summed E-state index contributed by atoms with van der Waals surface area (Å²) in [6.07, 6.45) is 8.70. The summed E-state index contributed by atoms with van der Waals surface area (Å²) in [5.41, 5.74) is 10.7. The minimum absolute atomic E-state index is 0.168. The molecule has 214 valence electrons. The molecule has 0 N–H and O–H groups in total. The van der Waals surface area contributed by atoms with Gasteiger partial charge in [-0.25, -0.2) is 0 Å². The SMILES string of the molecule is c1ccc(N(c2ccc3sc4ccccc4c3c2)c2cccc3c2-c2ccccc2C32C3CCC4CC5CC2(C4)C5C3)cc1. The van der Waals surface area contributed by atoms with Crippen molar-refractivity contribution in [2.75, 3.05) is 4.90 Å². The van der Waals surface area contributed by atoms with E-state index in [1.807, 2.05) is 11.3 Å². The Balaban J connectivity index is 1.20. The van der Waals surface area contributed by atoms with Gasteiger partial charge in [-0.15, -0.1) is 11.3 Å². The Morgan fingerprint density at radius 2 is 1.45 bits per heavy atom. The molecule has 1 nitrogen and oxygen atoms in total. The van der Waals surface area contributed by atoms with Crippen LogP contribution >= 0.6 is 11.3 Å². The van der Waals surface area contributed by atoms with E-state index in [-0.39, 0.29) is 5.41 Å². The van der Waals surface area contributed by atoms with Crippen LogP contribution in [0.3, 0.4) is 0 Å². The van der Waals surface area contributed by atoms with Gasteiger partial charge in [-0.05, 0) is 120 Å². The minimum Gasteiger partial charge on any atom is -0.310 e. The number of anilines is 3. The molecule has 6 unspecified atom stereocenters. The van der Waals surface area contributed by atoms with Gasteiger partial charge in [0.05, 0.1) is 5.69 Å². The fourth-order valence-corrected chi connectivity index (χ4v) is 12.9. The van der Waals surface area contributed by atoms with Gasteiger partial charge in [-0.2, -0.15) is 0 Å². The summed E-state index contributed by atoms with van der Waals surface area (Å²) in [6.45, 7) is 0. The summed E-state index contributed by atoms with van der Waals surface area (Å²) < 4.78 is 2.72. The minimum atomic E-state index is 0.168. The van der Waals surface area contributed by atoms with Crippen LogP contribution in [0.5, 0.6) is 0 Å². The van der Waals surface area contributed by atoms with Crippen LogP contribution in [0, 0.1) is 29.1 Å². The van der Waals surface area contributed by atoms with E-state index in [9.17, 15) is 0 Å². The summed E-state index contributed by atoms with van der Waals surface area (Å²) in [5.74, 6) is 3.60. The number of hydrogen-bond donors (Lipinski definition) is 0. The first-order valence-corrected chi connectivity index (χ1v) is 17.6. The number of thiophene rings is 1. The van der Waals surface area contributed by atoms with Crippen LogP contribution in [0.1, 0.15) is 49.7 Å². The molecule has 12 rings (SSSR count). The van der Waals surface area contributed by atoms with Crippen molar-refractivity contribution in [2.45, 2.75) is 43.9 Å². The van der Waals surface area contributed by atoms with Crippen molar-refractivity contribution in [1.82, 2.24) is 0 Å². The zero-order valence-corrected chi connectivity index (χ0v) is 25.7. The maximum absolute atomic E-state index is 2.56. The summed E-state index contributed by atoms with van der Waals surface area (Å²) in [6, 6.07) is 44.1. The fourth-order valence-electron chi connectivity index (χ4n) is 11.8. The van der Waals surface area contributed by atoms with Crippen molar-refractivity contribution in [3.05, 3.63) is 126 Å². The third-order valence-electron chi connectivity index (χ3n) is 13.0. The molecule has 5 fully saturated rings. The van der Waals surface area contributed by atoms with Gasteiger partial charge in [-0.1, -0.05) is 79.2 Å². The predicted octanol–water partition coefficient (Wildman–Crippen LogP) is 11.6. The van der Waals surface area contributed by atoms with Crippen LogP contribution < -0.4 is 4.90 Å². The third-order valence-corrected chi connectivity index (χ3v) is 14.2. The highest BCUT2D eigenvalue weighted by atomic mass is 32.1. The molecule has 4 bridgehead atoms. The maximum atomic E-state index is 2.56. The Kier molecular flexibility index (Phi) is 4.68. The number of benzene rings is 5. The van der Waals surface area contributed by atoms with Gasteiger partial charge in [0.15, 0.2) is 0 Å². The normalized spacial score (nSPS) is 30.4. The van der Waals surface area contributed by atoms with E-state index in [2.05, 4.69) is 120 Å². The van der Waals surface area contributed by atoms with E-state index in [1.54, 1.807) is 11.1 Å². The first-order valence-electron chi connectivity index (χ1n) is 16.8. The Labute approximate surface area is 263 Å². The number of fused-ring (bicyclic) bond motifs is 6. The molecule has 44 heavy (non-hydrogen) atoms. The largest absolute Gasteiger partial charge is 0.310 e. The van der Waals surface area contributed by atoms with Crippen molar-refractivity contribution in [3.8, 4) is 11.1 Å². The molecule has 6 aromatic rings. The topological polar surface area (TPSA) is 3.24 Å². The van der Waals surface area contributed by atoms with Crippen molar-refractivity contribution >= 4 is 48.6 Å². The third kappa shape index (κ3) is 2.79. The highest BCUT2D eigenvalue weighted by Crippen LogP contribution is 2.83. The first-order chi connectivity index (χ1) is 21.8. The van der Waals surface area contributed by atoms with Gasteiger partial charge in [0.1, 0.15) is 0 Å². The zero-order chi connectivity index (χ0) is 28.6. The van der Waals surface area contributed by atoms with E-state index >= 15 is 0 Å². The van der Waals surface area contributed by atoms with Gasteiger partial charge in [0, 0.05) is 42.5 Å². The summed E-state index contributed by atoms with van der Waals surface area (Å²) >= 11 is 1.90. The van der Waals surface area contributed by atoms with Crippen LogP contribution in [-0.2, 0) is 5.41 Å². The van der Waals surface area contributed by atoms with Crippen molar-refractivity contribution < 1.29 is 0 Å². The van der Waals surface area contributed by atoms with Crippen LogP contribution in [0.4, 0.5) is 17.1 Å². The lowest BCUT2D eigenvalue weighted by Crippen LogP contribution is -2.59. The van der Waals surface area contributed by atoms with Gasteiger partial charge in [-0.3, -0.25) is 0 Å². The highest BCUT2D eigenvalue weighted by Gasteiger charge is 2.76. The molecular formula is C42H35NS. The summed E-state index contributed by atoms with van der Waals surface area (Å²) in [4.78, 5) is 2.56. The molecule has 6 atom stereocenters. The molecule has 0 amide bonds. The molecule has 1 aromatic heterocycles. The summed E-state index contributed by atoms with van der Waals surface area (Å²) in [7, 11) is 0. The molecule has 0 aliphatic heterocycles. The van der Waals surface area contributed by atoms with E-state index in [4.69, 9.17) is 0 Å². The molecular weight excluding hydrogens is 551 g/mol. The molecule has 6 aliphatic carbocycles. The lowest BCUT2D eigenvalue weighted by atomic mass is 9.39. The van der Waals surface area contributed by atoms with Gasteiger partial charge >= 0.3 is 0 Å².